The lowest BCUT2D eigenvalue weighted by atomic mass is 10.2. The van der Waals surface area contributed by atoms with Gasteiger partial charge in [-0.2, -0.15) is 4.98 Å². The summed E-state index contributed by atoms with van der Waals surface area (Å²) in [6, 6.07) is 8.13. The second kappa shape index (κ2) is 4.81. The smallest absolute Gasteiger partial charge is 0.318 e. The van der Waals surface area contributed by atoms with Crippen LogP contribution in [0.15, 0.2) is 35.8 Å². The van der Waals surface area contributed by atoms with E-state index >= 15 is 0 Å². The maximum atomic E-state index is 12.9. The molecule has 0 aliphatic carbocycles. The van der Waals surface area contributed by atoms with E-state index in [-0.39, 0.29) is 11.8 Å². The fourth-order valence-corrected chi connectivity index (χ4v) is 2.67. The van der Waals surface area contributed by atoms with Crippen molar-refractivity contribution >= 4 is 27.2 Å². The Hall–Kier alpha value is -2.21. The Morgan fingerprint density at radius 1 is 1.32 bits per heavy atom. The number of fused-ring (bicyclic) bond motifs is 1. The zero-order chi connectivity index (χ0) is 13.2. The fourth-order valence-electron chi connectivity index (χ4n) is 1.72. The first kappa shape index (κ1) is 11.9. The number of nitrogens with two attached hydrogens (primary N) is 1. The summed E-state index contributed by atoms with van der Waals surface area (Å²) in [5, 5.41) is 3.17. The Kier molecular flexibility index (Phi) is 3.00. The Bertz CT molecular complexity index is 729. The van der Waals surface area contributed by atoms with Gasteiger partial charge < -0.3 is 10.5 Å². The van der Waals surface area contributed by atoms with Gasteiger partial charge in [0.25, 0.3) is 0 Å². The highest BCUT2D eigenvalue weighted by Crippen LogP contribution is 2.26. The highest BCUT2D eigenvalue weighted by molar-refractivity contribution is 7.17. The van der Waals surface area contributed by atoms with Gasteiger partial charge in [-0.05, 0) is 16.8 Å². The molecular weight excluding hydrogens is 265 g/mol. The molecule has 0 amide bonds. The molecule has 0 saturated heterocycles. The number of benzene rings is 1. The fraction of sp³-hybridized carbons (Fsp3) is 0.0769. The van der Waals surface area contributed by atoms with E-state index in [0.717, 1.165) is 17.1 Å². The first-order chi connectivity index (χ1) is 9.24. The highest BCUT2D eigenvalue weighted by atomic mass is 32.1. The second-order valence-electron chi connectivity index (χ2n) is 3.93. The predicted octanol–water partition coefficient (Wildman–Crippen LogP) is 2.99. The Balaban J connectivity index is 1.80. The van der Waals surface area contributed by atoms with Gasteiger partial charge in [0.1, 0.15) is 6.61 Å². The number of halogens is 1. The van der Waals surface area contributed by atoms with E-state index < -0.39 is 5.82 Å². The molecule has 0 spiro atoms. The maximum absolute atomic E-state index is 12.9. The van der Waals surface area contributed by atoms with Gasteiger partial charge in [-0.15, -0.1) is 11.3 Å². The number of aromatic nitrogens is 2. The van der Waals surface area contributed by atoms with Crippen LogP contribution in [-0.4, -0.2) is 9.97 Å². The monoisotopic (exact) mass is 275 g/mol. The molecule has 0 unspecified atom stereocenters. The number of anilines is 1. The topological polar surface area (TPSA) is 61.0 Å². The van der Waals surface area contributed by atoms with E-state index in [1.807, 2.05) is 23.6 Å². The summed E-state index contributed by atoms with van der Waals surface area (Å²) in [5.74, 6) is -0.853. The quantitative estimate of drug-likeness (QED) is 0.798. The molecule has 6 heteroatoms. The molecule has 19 heavy (non-hydrogen) atoms. The summed E-state index contributed by atoms with van der Waals surface area (Å²) in [4.78, 5) is 7.46. The van der Waals surface area contributed by atoms with Crippen molar-refractivity contribution < 1.29 is 9.13 Å². The van der Waals surface area contributed by atoms with Crippen LogP contribution in [0.3, 0.4) is 0 Å². The van der Waals surface area contributed by atoms with Crippen LogP contribution in [0.25, 0.3) is 10.1 Å². The minimum Gasteiger partial charge on any atom is -0.458 e. The van der Waals surface area contributed by atoms with Gasteiger partial charge >= 0.3 is 6.01 Å². The largest absolute Gasteiger partial charge is 0.458 e. The van der Waals surface area contributed by atoms with Crippen LogP contribution >= 0.6 is 11.3 Å². The number of hydrogen-bond acceptors (Lipinski definition) is 5. The molecule has 4 nitrogen and oxygen atoms in total. The van der Waals surface area contributed by atoms with E-state index in [4.69, 9.17) is 10.5 Å². The first-order valence-corrected chi connectivity index (χ1v) is 6.48. The molecule has 3 rings (SSSR count). The lowest BCUT2D eigenvalue weighted by molar-refractivity contribution is 0.281. The lowest BCUT2D eigenvalue weighted by Gasteiger charge is -2.04. The lowest BCUT2D eigenvalue weighted by Crippen LogP contribution is -2.03. The summed E-state index contributed by atoms with van der Waals surface area (Å²) in [6.45, 7) is 0.328. The van der Waals surface area contributed by atoms with Crippen molar-refractivity contribution in [2.45, 2.75) is 6.61 Å². The van der Waals surface area contributed by atoms with Gasteiger partial charge in [0.2, 0.25) is 0 Å². The molecule has 0 fully saturated rings. The van der Waals surface area contributed by atoms with Crippen molar-refractivity contribution in [2.75, 3.05) is 5.73 Å². The van der Waals surface area contributed by atoms with Crippen molar-refractivity contribution in [3.05, 3.63) is 47.2 Å². The molecule has 96 valence electrons. The molecule has 0 saturated carbocycles. The van der Waals surface area contributed by atoms with Crippen LogP contribution < -0.4 is 10.5 Å². The van der Waals surface area contributed by atoms with E-state index in [9.17, 15) is 4.39 Å². The van der Waals surface area contributed by atoms with Crippen LogP contribution in [0.1, 0.15) is 5.56 Å². The number of rotatable bonds is 3. The molecule has 1 aromatic carbocycles. The summed E-state index contributed by atoms with van der Waals surface area (Å²) in [5.41, 5.74) is 6.40. The normalized spacial score (nSPS) is 10.8. The zero-order valence-corrected chi connectivity index (χ0v) is 10.7. The molecule has 0 radical (unpaired) electrons. The van der Waals surface area contributed by atoms with E-state index in [1.165, 1.54) is 4.70 Å². The Morgan fingerprint density at radius 3 is 3.00 bits per heavy atom. The summed E-state index contributed by atoms with van der Waals surface area (Å²) in [6.07, 6.45) is 1.00. The minimum atomic E-state index is -0.645. The van der Waals surface area contributed by atoms with Gasteiger partial charge in [0.05, 0.1) is 6.20 Å². The van der Waals surface area contributed by atoms with E-state index in [1.54, 1.807) is 11.3 Å². The van der Waals surface area contributed by atoms with Gasteiger partial charge in [-0.25, -0.2) is 9.37 Å². The third kappa shape index (κ3) is 2.34. The Labute approximate surface area is 112 Å². The van der Waals surface area contributed by atoms with Crippen LogP contribution in [0.2, 0.25) is 0 Å². The highest BCUT2D eigenvalue weighted by Gasteiger charge is 2.07. The predicted molar refractivity (Wildman–Crippen MR) is 72.6 cm³/mol. The van der Waals surface area contributed by atoms with Crippen LogP contribution in [0.5, 0.6) is 6.01 Å². The van der Waals surface area contributed by atoms with Crippen molar-refractivity contribution in [3.63, 3.8) is 0 Å². The van der Waals surface area contributed by atoms with Crippen molar-refractivity contribution in [3.8, 4) is 6.01 Å². The molecule has 2 heterocycles. The number of thiophene rings is 1. The Morgan fingerprint density at radius 2 is 2.16 bits per heavy atom. The van der Waals surface area contributed by atoms with Crippen molar-refractivity contribution in [2.24, 2.45) is 0 Å². The van der Waals surface area contributed by atoms with Crippen LogP contribution in [-0.2, 0) is 6.61 Å². The third-order valence-corrected chi connectivity index (χ3v) is 3.68. The van der Waals surface area contributed by atoms with Crippen LogP contribution in [0, 0.1) is 5.82 Å². The molecular formula is C13H10FN3OS. The first-order valence-electron chi connectivity index (χ1n) is 5.60. The van der Waals surface area contributed by atoms with Gasteiger partial charge in [-0.3, -0.25) is 0 Å². The molecule has 0 aliphatic rings. The minimum absolute atomic E-state index is 0.0779. The van der Waals surface area contributed by atoms with E-state index in [2.05, 4.69) is 16.0 Å². The summed E-state index contributed by atoms with van der Waals surface area (Å²) >= 11 is 1.65. The van der Waals surface area contributed by atoms with Crippen molar-refractivity contribution in [1.29, 1.82) is 0 Å². The summed E-state index contributed by atoms with van der Waals surface area (Å²) in [7, 11) is 0. The number of ether oxygens (including phenoxy) is 1. The van der Waals surface area contributed by atoms with E-state index in [0.29, 0.717) is 6.61 Å². The summed E-state index contributed by atoms with van der Waals surface area (Å²) < 4.78 is 19.5. The molecule has 0 atom stereocenters. The maximum Gasteiger partial charge on any atom is 0.318 e. The van der Waals surface area contributed by atoms with Gasteiger partial charge in [0.15, 0.2) is 11.6 Å². The second-order valence-corrected chi connectivity index (χ2v) is 4.84. The average molecular weight is 275 g/mol. The molecule has 2 N–H and O–H groups in total. The number of hydrogen-bond donors (Lipinski definition) is 1. The van der Waals surface area contributed by atoms with Crippen LogP contribution in [0.4, 0.5) is 10.2 Å². The molecule has 0 bridgehead atoms. The zero-order valence-electron chi connectivity index (χ0n) is 9.84. The third-order valence-electron chi connectivity index (χ3n) is 2.67. The molecule has 3 aromatic rings. The average Bonchev–Trinajstić information content (AvgIpc) is 2.83. The molecule has 2 aromatic heterocycles. The van der Waals surface area contributed by atoms with Gasteiger partial charge in [-0.1, -0.05) is 18.2 Å². The van der Waals surface area contributed by atoms with Gasteiger partial charge in [0, 0.05) is 10.3 Å². The molecule has 0 aliphatic heterocycles. The SMILES string of the molecule is Nc1nc(OCc2csc3ccccc23)ncc1F. The standard InChI is InChI=1S/C13H10FN3OS/c14-10-5-16-13(17-12(10)15)18-6-8-7-19-11-4-2-1-3-9(8)11/h1-5,7H,6H2,(H2,15,16,17). The van der Waals surface area contributed by atoms with Crippen molar-refractivity contribution in [1.82, 2.24) is 9.97 Å². The number of nitrogen functional groups attached to an aromatic ring is 1. The number of nitrogens with zero attached hydrogens (tertiary/aromatic N) is 2.